The molecule has 0 saturated carbocycles. The highest BCUT2D eigenvalue weighted by Gasteiger charge is 2.14. The van der Waals surface area contributed by atoms with Crippen LogP contribution in [-0.4, -0.2) is 26.1 Å². The van der Waals surface area contributed by atoms with Crippen molar-refractivity contribution in [2.24, 2.45) is 0 Å². The molecule has 0 atom stereocenters. The molecule has 1 N–H and O–H groups in total. The molecule has 1 aromatic heterocycles. The summed E-state index contributed by atoms with van der Waals surface area (Å²) < 4.78 is 2.25. The average molecular weight is 393 g/mol. The molecule has 3 rings (SSSR count). The van der Waals surface area contributed by atoms with Crippen molar-refractivity contribution in [1.29, 1.82) is 0 Å². The fraction of sp³-hybridized carbons (Fsp3) is 0.0667. The Morgan fingerprint density at radius 1 is 1.22 bits per heavy atom. The van der Waals surface area contributed by atoms with Gasteiger partial charge in [0.2, 0.25) is 0 Å². The van der Waals surface area contributed by atoms with Gasteiger partial charge in [0.15, 0.2) is 0 Å². The van der Waals surface area contributed by atoms with Crippen LogP contribution in [0.5, 0.6) is 0 Å². The molecule has 3 aromatic rings. The quantitative estimate of drug-likeness (QED) is 0.741. The molecule has 0 aliphatic carbocycles. The van der Waals surface area contributed by atoms with E-state index in [0.29, 0.717) is 22.8 Å². The molecule has 6 nitrogen and oxygen atoms in total. The SMILES string of the molecule is O=C(NCc1ccc(Cl)cc1)c1cc(Br)ccc1-n1cnnn1. The fourth-order valence-corrected chi connectivity index (χ4v) is 2.53. The number of carbonyl (C=O) groups is 1. The zero-order chi connectivity index (χ0) is 16.2. The van der Waals surface area contributed by atoms with Crippen LogP contribution in [0.15, 0.2) is 53.3 Å². The first-order chi connectivity index (χ1) is 11.1. The Bertz CT molecular complexity index is 820. The number of nitrogens with zero attached hydrogens (tertiary/aromatic N) is 4. The van der Waals surface area contributed by atoms with Crippen molar-refractivity contribution >= 4 is 33.4 Å². The molecule has 2 aromatic carbocycles. The van der Waals surface area contributed by atoms with E-state index in [1.807, 2.05) is 18.2 Å². The molecule has 1 heterocycles. The summed E-state index contributed by atoms with van der Waals surface area (Å²) in [6, 6.07) is 12.6. The molecule has 23 heavy (non-hydrogen) atoms. The largest absolute Gasteiger partial charge is 0.348 e. The van der Waals surface area contributed by atoms with Gasteiger partial charge < -0.3 is 5.32 Å². The van der Waals surface area contributed by atoms with Crippen molar-refractivity contribution in [1.82, 2.24) is 25.5 Å². The summed E-state index contributed by atoms with van der Waals surface area (Å²) in [5.74, 6) is -0.216. The highest BCUT2D eigenvalue weighted by molar-refractivity contribution is 9.10. The number of benzene rings is 2. The molecule has 0 unspecified atom stereocenters. The Labute approximate surface area is 145 Å². The Hall–Kier alpha value is -2.25. The summed E-state index contributed by atoms with van der Waals surface area (Å²) in [4.78, 5) is 12.5. The average Bonchev–Trinajstić information content (AvgIpc) is 3.08. The van der Waals surface area contributed by atoms with Gasteiger partial charge in [-0.15, -0.1) is 5.10 Å². The number of tetrazole rings is 1. The molecular weight excluding hydrogens is 382 g/mol. The summed E-state index contributed by atoms with van der Waals surface area (Å²) in [6.45, 7) is 0.400. The van der Waals surface area contributed by atoms with Gasteiger partial charge in [-0.1, -0.05) is 39.7 Å². The van der Waals surface area contributed by atoms with Crippen LogP contribution < -0.4 is 5.32 Å². The van der Waals surface area contributed by atoms with Gasteiger partial charge >= 0.3 is 0 Å². The van der Waals surface area contributed by atoms with Crippen LogP contribution in [0.25, 0.3) is 5.69 Å². The van der Waals surface area contributed by atoms with E-state index < -0.39 is 0 Å². The number of hydrogen-bond acceptors (Lipinski definition) is 4. The van der Waals surface area contributed by atoms with Crippen LogP contribution >= 0.6 is 27.5 Å². The first-order valence-corrected chi connectivity index (χ1v) is 7.86. The molecule has 116 valence electrons. The maximum atomic E-state index is 12.5. The van der Waals surface area contributed by atoms with Crippen LogP contribution in [0.2, 0.25) is 5.02 Å². The lowest BCUT2D eigenvalue weighted by Gasteiger charge is -2.10. The number of amides is 1. The van der Waals surface area contributed by atoms with E-state index in [0.717, 1.165) is 10.0 Å². The highest BCUT2D eigenvalue weighted by atomic mass is 79.9. The highest BCUT2D eigenvalue weighted by Crippen LogP contribution is 2.19. The van der Waals surface area contributed by atoms with Crippen LogP contribution in [0.1, 0.15) is 15.9 Å². The number of hydrogen-bond donors (Lipinski definition) is 1. The lowest BCUT2D eigenvalue weighted by molar-refractivity contribution is 0.0950. The second-order valence-electron chi connectivity index (χ2n) is 4.73. The van der Waals surface area contributed by atoms with E-state index in [9.17, 15) is 4.79 Å². The lowest BCUT2D eigenvalue weighted by Crippen LogP contribution is -2.24. The van der Waals surface area contributed by atoms with Crippen LogP contribution in [0, 0.1) is 0 Å². The molecule has 0 spiro atoms. The van der Waals surface area contributed by atoms with Gasteiger partial charge in [0.25, 0.3) is 5.91 Å². The summed E-state index contributed by atoms with van der Waals surface area (Å²) >= 11 is 9.23. The second-order valence-corrected chi connectivity index (χ2v) is 6.08. The van der Waals surface area contributed by atoms with Crippen LogP contribution in [0.3, 0.4) is 0 Å². The monoisotopic (exact) mass is 391 g/mol. The third-order valence-corrected chi connectivity index (χ3v) is 3.91. The maximum absolute atomic E-state index is 12.5. The fourth-order valence-electron chi connectivity index (χ4n) is 2.04. The van der Waals surface area contributed by atoms with Gasteiger partial charge in [0.1, 0.15) is 6.33 Å². The number of aromatic nitrogens is 4. The molecule has 0 bridgehead atoms. The smallest absolute Gasteiger partial charge is 0.253 e. The minimum atomic E-state index is -0.216. The van der Waals surface area contributed by atoms with E-state index in [1.165, 1.54) is 11.0 Å². The predicted molar refractivity (Wildman–Crippen MR) is 89.5 cm³/mol. The zero-order valence-electron chi connectivity index (χ0n) is 11.8. The topological polar surface area (TPSA) is 72.7 Å². The van der Waals surface area contributed by atoms with Gasteiger partial charge in [-0.05, 0) is 46.3 Å². The molecule has 0 saturated heterocycles. The van der Waals surface area contributed by atoms with E-state index in [-0.39, 0.29) is 5.91 Å². The third-order valence-electron chi connectivity index (χ3n) is 3.17. The number of halogens is 2. The maximum Gasteiger partial charge on any atom is 0.253 e. The van der Waals surface area contributed by atoms with Crippen LogP contribution in [0.4, 0.5) is 0 Å². The number of rotatable bonds is 4. The van der Waals surface area contributed by atoms with Gasteiger partial charge in [-0.25, -0.2) is 0 Å². The Balaban J connectivity index is 1.81. The van der Waals surface area contributed by atoms with Crippen molar-refractivity contribution in [3.8, 4) is 5.69 Å². The van der Waals surface area contributed by atoms with Gasteiger partial charge in [0.05, 0.1) is 11.3 Å². The Kier molecular flexibility index (Phi) is 4.68. The molecular formula is C15H11BrClN5O. The Morgan fingerprint density at radius 3 is 2.70 bits per heavy atom. The molecule has 1 amide bonds. The standard InChI is InChI=1S/C15H11BrClN5O/c16-11-3-6-14(22-9-19-20-21-22)13(7-11)15(23)18-8-10-1-4-12(17)5-2-10/h1-7,9H,8H2,(H,18,23). The zero-order valence-corrected chi connectivity index (χ0v) is 14.1. The molecule has 0 fully saturated rings. The van der Waals surface area contributed by atoms with E-state index in [2.05, 4.69) is 36.8 Å². The van der Waals surface area contributed by atoms with E-state index in [4.69, 9.17) is 11.6 Å². The minimum absolute atomic E-state index is 0.216. The summed E-state index contributed by atoms with van der Waals surface area (Å²) in [5, 5.41) is 14.6. The lowest BCUT2D eigenvalue weighted by atomic mass is 10.1. The van der Waals surface area contributed by atoms with Crippen molar-refractivity contribution < 1.29 is 4.79 Å². The molecule has 0 radical (unpaired) electrons. The minimum Gasteiger partial charge on any atom is -0.348 e. The predicted octanol–water partition coefficient (Wildman–Crippen LogP) is 3.01. The molecule has 8 heteroatoms. The number of nitrogens with one attached hydrogen (secondary N) is 1. The van der Waals surface area contributed by atoms with Gasteiger partial charge in [-0.2, -0.15) is 4.68 Å². The van der Waals surface area contributed by atoms with Crippen molar-refractivity contribution in [3.05, 3.63) is 69.4 Å². The summed E-state index contributed by atoms with van der Waals surface area (Å²) in [5.41, 5.74) is 2.04. The molecule has 0 aliphatic heterocycles. The number of carbonyl (C=O) groups excluding carboxylic acids is 1. The van der Waals surface area contributed by atoms with Gasteiger partial charge in [-0.3, -0.25) is 4.79 Å². The molecule has 0 aliphatic rings. The first kappa shape index (κ1) is 15.6. The summed E-state index contributed by atoms with van der Waals surface area (Å²) in [7, 11) is 0. The van der Waals surface area contributed by atoms with Crippen molar-refractivity contribution in [3.63, 3.8) is 0 Å². The Morgan fingerprint density at radius 2 is 2.00 bits per heavy atom. The van der Waals surface area contributed by atoms with E-state index in [1.54, 1.807) is 24.3 Å². The summed E-state index contributed by atoms with van der Waals surface area (Å²) in [6.07, 6.45) is 1.44. The second kappa shape index (κ2) is 6.89. The first-order valence-electron chi connectivity index (χ1n) is 6.69. The third kappa shape index (κ3) is 3.75. The van der Waals surface area contributed by atoms with Crippen molar-refractivity contribution in [2.45, 2.75) is 6.54 Å². The normalized spacial score (nSPS) is 10.5. The van der Waals surface area contributed by atoms with Crippen LogP contribution in [-0.2, 0) is 6.54 Å². The van der Waals surface area contributed by atoms with E-state index >= 15 is 0 Å². The van der Waals surface area contributed by atoms with Crippen molar-refractivity contribution in [2.75, 3.05) is 0 Å². The van der Waals surface area contributed by atoms with Gasteiger partial charge in [0, 0.05) is 16.0 Å².